The van der Waals surface area contributed by atoms with Gasteiger partial charge in [-0.2, -0.15) is 0 Å². The molecule has 0 saturated heterocycles. The van der Waals surface area contributed by atoms with E-state index in [2.05, 4.69) is 5.32 Å². The van der Waals surface area contributed by atoms with Gasteiger partial charge in [0.1, 0.15) is 0 Å². The molecule has 88 valence electrons. The minimum absolute atomic E-state index is 0.515. The van der Waals surface area contributed by atoms with Gasteiger partial charge < -0.3 is 15.5 Å². The van der Waals surface area contributed by atoms with Gasteiger partial charge in [0, 0.05) is 0 Å². The molecule has 0 radical (unpaired) electrons. The summed E-state index contributed by atoms with van der Waals surface area (Å²) in [7, 11) is 0. The molecule has 0 unspecified atom stereocenters. The second-order valence-corrected chi connectivity index (χ2v) is 5.85. The Labute approximate surface area is 102 Å². The number of hydrogen-bond donors (Lipinski definition) is 3. The predicted octanol–water partition coefficient (Wildman–Crippen LogP) is 0.747. The third kappa shape index (κ3) is 3.64. The lowest BCUT2D eigenvalue weighted by Crippen LogP contribution is -2.53. The summed E-state index contributed by atoms with van der Waals surface area (Å²) in [5, 5.41) is 21.3. The number of carbonyl (C=O) groups excluding carboxylic acids is 1. The molecule has 4 nitrogen and oxygen atoms in total. The molecule has 0 spiro atoms. The first-order valence-corrected chi connectivity index (χ1v) is 5.69. The Hall–Kier alpha value is 0.260. The second kappa shape index (κ2) is 5.06. The minimum Gasteiger partial charge on any atom is -0.390 e. The van der Waals surface area contributed by atoms with Crippen LogP contribution in [0.4, 0.5) is 0 Å². The number of amides is 1. The Morgan fingerprint density at radius 2 is 1.87 bits per heavy atom. The molecule has 1 saturated carbocycles. The highest BCUT2D eigenvalue weighted by molar-refractivity contribution is 6.76. The van der Waals surface area contributed by atoms with Crippen molar-refractivity contribution >= 4 is 40.7 Å². The lowest BCUT2D eigenvalue weighted by atomic mass is 9.90. The summed E-state index contributed by atoms with van der Waals surface area (Å²) >= 11 is 16.1. The summed E-state index contributed by atoms with van der Waals surface area (Å²) in [6.07, 6.45) is -0.0517. The molecular weight excluding hydrogens is 264 g/mol. The molecule has 0 aromatic rings. The van der Waals surface area contributed by atoms with Crippen molar-refractivity contribution in [3.63, 3.8) is 0 Å². The third-order valence-electron chi connectivity index (χ3n) is 2.40. The van der Waals surface area contributed by atoms with E-state index in [1.54, 1.807) is 0 Å². The van der Waals surface area contributed by atoms with Crippen LogP contribution in [0, 0.1) is 0 Å². The van der Waals surface area contributed by atoms with E-state index in [1.807, 2.05) is 0 Å². The maximum Gasteiger partial charge on any atom is 0.272 e. The Bertz CT molecular complexity index is 244. The fourth-order valence-corrected chi connectivity index (χ4v) is 1.73. The van der Waals surface area contributed by atoms with Crippen molar-refractivity contribution in [2.45, 2.75) is 41.3 Å². The summed E-state index contributed by atoms with van der Waals surface area (Å²) in [6.45, 7) is 0. The molecule has 0 heterocycles. The number of aliphatic hydroxyl groups excluding tert-OH is 2. The Morgan fingerprint density at radius 1 is 1.27 bits per heavy atom. The molecule has 0 aromatic carbocycles. The quantitative estimate of drug-likeness (QED) is 0.619. The molecule has 3 N–H and O–H groups in total. The Kier molecular flexibility index (Phi) is 4.50. The van der Waals surface area contributed by atoms with Crippen LogP contribution in [0.2, 0.25) is 0 Å². The molecular formula is C8H12Cl3NO3. The summed E-state index contributed by atoms with van der Waals surface area (Å²) in [5.41, 5.74) is 0. The van der Waals surface area contributed by atoms with Crippen LogP contribution in [-0.4, -0.2) is 38.2 Å². The van der Waals surface area contributed by atoms with Crippen molar-refractivity contribution in [1.29, 1.82) is 0 Å². The van der Waals surface area contributed by atoms with Crippen LogP contribution in [0.1, 0.15) is 19.3 Å². The molecule has 0 bridgehead atoms. The average Bonchev–Trinajstić information content (AvgIpc) is 2.11. The first-order valence-electron chi connectivity index (χ1n) is 4.56. The van der Waals surface area contributed by atoms with Gasteiger partial charge in [0.05, 0.1) is 18.2 Å². The average molecular weight is 277 g/mol. The maximum atomic E-state index is 11.3. The number of nitrogens with one attached hydrogen (secondary N) is 1. The van der Waals surface area contributed by atoms with E-state index < -0.39 is 27.9 Å². The monoisotopic (exact) mass is 275 g/mol. The van der Waals surface area contributed by atoms with E-state index in [-0.39, 0.29) is 0 Å². The van der Waals surface area contributed by atoms with Crippen LogP contribution in [-0.2, 0) is 4.79 Å². The highest BCUT2D eigenvalue weighted by Crippen LogP contribution is 2.27. The molecule has 1 aliphatic carbocycles. The van der Waals surface area contributed by atoms with Gasteiger partial charge in [0.25, 0.3) is 9.70 Å². The van der Waals surface area contributed by atoms with Crippen molar-refractivity contribution in [1.82, 2.24) is 5.32 Å². The number of aliphatic hydroxyl groups is 2. The third-order valence-corrected chi connectivity index (χ3v) is 2.91. The van der Waals surface area contributed by atoms with E-state index >= 15 is 0 Å². The summed E-state index contributed by atoms with van der Waals surface area (Å²) < 4.78 is -2.04. The largest absolute Gasteiger partial charge is 0.390 e. The predicted molar refractivity (Wildman–Crippen MR) is 58.1 cm³/mol. The zero-order valence-electron chi connectivity index (χ0n) is 7.79. The maximum absolute atomic E-state index is 11.3. The lowest BCUT2D eigenvalue weighted by Gasteiger charge is -2.32. The van der Waals surface area contributed by atoms with Gasteiger partial charge in [-0.25, -0.2) is 0 Å². The van der Waals surface area contributed by atoms with Gasteiger partial charge in [-0.1, -0.05) is 34.8 Å². The molecule has 7 heteroatoms. The first-order chi connectivity index (χ1) is 6.82. The molecule has 0 aromatic heterocycles. The molecule has 1 aliphatic rings. The smallest absolute Gasteiger partial charge is 0.272 e. The number of alkyl halides is 3. The molecule has 1 fully saturated rings. The van der Waals surface area contributed by atoms with Crippen LogP contribution in [0.5, 0.6) is 0 Å². The van der Waals surface area contributed by atoms with Crippen LogP contribution >= 0.6 is 34.8 Å². The van der Waals surface area contributed by atoms with Gasteiger partial charge in [-0.3, -0.25) is 4.79 Å². The van der Waals surface area contributed by atoms with Crippen molar-refractivity contribution in [3.05, 3.63) is 0 Å². The molecule has 1 rings (SSSR count). The van der Waals surface area contributed by atoms with Crippen molar-refractivity contribution < 1.29 is 15.0 Å². The molecule has 1 amide bonds. The summed E-state index contributed by atoms with van der Waals surface area (Å²) in [4.78, 5) is 11.3. The van der Waals surface area contributed by atoms with Gasteiger partial charge >= 0.3 is 0 Å². The van der Waals surface area contributed by atoms with Crippen molar-refractivity contribution in [3.8, 4) is 0 Å². The fraction of sp³-hybridized carbons (Fsp3) is 0.875. The molecule has 0 aliphatic heterocycles. The summed E-state index contributed by atoms with van der Waals surface area (Å²) in [5.74, 6) is -0.786. The van der Waals surface area contributed by atoms with Gasteiger partial charge in [0.15, 0.2) is 0 Å². The van der Waals surface area contributed by atoms with E-state index in [4.69, 9.17) is 34.8 Å². The normalized spacial score (nSPS) is 32.5. The van der Waals surface area contributed by atoms with Crippen molar-refractivity contribution in [2.75, 3.05) is 0 Å². The second-order valence-electron chi connectivity index (χ2n) is 3.57. The molecule has 15 heavy (non-hydrogen) atoms. The van der Waals surface area contributed by atoms with E-state index in [0.717, 1.165) is 0 Å². The Balaban J connectivity index is 2.54. The lowest BCUT2D eigenvalue weighted by molar-refractivity contribution is -0.123. The van der Waals surface area contributed by atoms with Crippen molar-refractivity contribution in [2.24, 2.45) is 0 Å². The van der Waals surface area contributed by atoms with Gasteiger partial charge in [-0.05, 0) is 19.3 Å². The zero-order chi connectivity index (χ0) is 11.6. The highest BCUT2D eigenvalue weighted by Gasteiger charge is 2.37. The highest BCUT2D eigenvalue weighted by atomic mass is 35.6. The topological polar surface area (TPSA) is 69.6 Å². The molecule has 3 atom stereocenters. The van der Waals surface area contributed by atoms with Crippen LogP contribution < -0.4 is 5.32 Å². The number of rotatable bonds is 1. The Morgan fingerprint density at radius 3 is 2.40 bits per heavy atom. The van der Waals surface area contributed by atoms with Gasteiger partial charge in [0.2, 0.25) is 0 Å². The first kappa shape index (κ1) is 13.3. The number of hydrogen-bond acceptors (Lipinski definition) is 3. The fourth-order valence-electron chi connectivity index (χ4n) is 1.56. The zero-order valence-corrected chi connectivity index (χ0v) is 10.1. The van der Waals surface area contributed by atoms with E-state index in [1.165, 1.54) is 0 Å². The van der Waals surface area contributed by atoms with Crippen LogP contribution in [0.15, 0.2) is 0 Å². The minimum atomic E-state index is -2.04. The standard InChI is InChI=1S/C8H12Cl3NO3/c9-8(10,11)7(15)12-4-2-1-3-5(13)6(4)14/h4-6,13-14H,1-3H2,(H,12,15)/t4-,5-,6+/m1/s1. The number of halogens is 3. The van der Waals surface area contributed by atoms with Crippen LogP contribution in [0.3, 0.4) is 0 Å². The van der Waals surface area contributed by atoms with E-state index in [9.17, 15) is 15.0 Å². The van der Waals surface area contributed by atoms with E-state index in [0.29, 0.717) is 19.3 Å². The summed E-state index contributed by atoms with van der Waals surface area (Å²) in [6, 6.07) is -0.558. The van der Waals surface area contributed by atoms with Crippen LogP contribution in [0.25, 0.3) is 0 Å². The SMILES string of the molecule is O=C(N[C@@H]1CCC[C@@H](O)[C@H]1O)C(Cl)(Cl)Cl. The van der Waals surface area contributed by atoms with Gasteiger partial charge in [-0.15, -0.1) is 0 Å². The number of carbonyl (C=O) groups is 1.